The molecule has 2 heterocycles. The summed E-state index contributed by atoms with van der Waals surface area (Å²) in [5.74, 6) is -0.151. The first kappa shape index (κ1) is 11.9. The topological polar surface area (TPSA) is 54.4 Å². The first-order valence-corrected chi connectivity index (χ1v) is 6.81. The van der Waals surface area contributed by atoms with Gasteiger partial charge in [-0.2, -0.15) is 16.4 Å². The number of aromatic nitrogens is 1. The Kier molecular flexibility index (Phi) is 4.00. The first-order valence-electron chi connectivity index (χ1n) is 4.99. The van der Waals surface area contributed by atoms with E-state index in [1.165, 1.54) is 0 Å². The van der Waals surface area contributed by atoms with E-state index in [4.69, 9.17) is 0 Å². The second-order valence-electron chi connectivity index (χ2n) is 3.38. The van der Waals surface area contributed by atoms with Crippen molar-refractivity contribution in [3.63, 3.8) is 0 Å². The fourth-order valence-electron chi connectivity index (χ4n) is 1.22. The van der Waals surface area contributed by atoms with Gasteiger partial charge in [-0.1, -0.05) is 0 Å². The molecule has 1 N–H and O–H groups in total. The SMILES string of the molecule is Cc1nc(CC(=O)N/N=C\c2ccsc2)cs1. The average molecular weight is 265 g/mol. The fraction of sp³-hybridized carbons (Fsp3) is 0.182. The Morgan fingerprint density at radius 3 is 3.12 bits per heavy atom. The molecule has 0 aliphatic rings. The molecule has 0 radical (unpaired) electrons. The van der Waals surface area contributed by atoms with Crippen LogP contribution in [0.5, 0.6) is 0 Å². The predicted octanol–water partition coefficient (Wildman–Crippen LogP) is 2.21. The van der Waals surface area contributed by atoms with Crippen LogP contribution in [0.2, 0.25) is 0 Å². The number of nitrogens with one attached hydrogen (secondary N) is 1. The number of hydrogen-bond donors (Lipinski definition) is 1. The van der Waals surface area contributed by atoms with E-state index < -0.39 is 0 Å². The summed E-state index contributed by atoms with van der Waals surface area (Å²) in [6.07, 6.45) is 1.89. The molecule has 0 unspecified atom stereocenters. The van der Waals surface area contributed by atoms with Gasteiger partial charge in [-0.25, -0.2) is 10.4 Å². The van der Waals surface area contributed by atoms with Crippen LogP contribution in [0, 0.1) is 6.92 Å². The van der Waals surface area contributed by atoms with Crippen LogP contribution in [0.1, 0.15) is 16.3 Å². The maximum atomic E-state index is 11.5. The number of hydrazone groups is 1. The zero-order valence-corrected chi connectivity index (χ0v) is 10.8. The molecule has 4 nitrogen and oxygen atoms in total. The van der Waals surface area contributed by atoms with Crippen molar-refractivity contribution in [2.24, 2.45) is 5.10 Å². The van der Waals surface area contributed by atoms with Crippen molar-refractivity contribution in [1.82, 2.24) is 10.4 Å². The smallest absolute Gasteiger partial charge is 0.246 e. The van der Waals surface area contributed by atoms with Crippen LogP contribution < -0.4 is 5.43 Å². The van der Waals surface area contributed by atoms with Crippen LogP contribution in [-0.4, -0.2) is 17.1 Å². The van der Waals surface area contributed by atoms with Gasteiger partial charge in [0.25, 0.3) is 0 Å². The normalized spacial score (nSPS) is 10.9. The van der Waals surface area contributed by atoms with E-state index >= 15 is 0 Å². The molecule has 0 aliphatic heterocycles. The molecule has 0 atom stereocenters. The molecule has 2 rings (SSSR count). The standard InChI is InChI=1S/C11H11N3OS2/c1-8-13-10(7-17-8)4-11(15)14-12-5-9-2-3-16-6-9/h2-3,5-7H,4H2,1H3,(H,14,15)/b12-5-. The average Bonchev–Trinajstić information content (AvgIpc) is 2.90. The third-order valence-corrected chi connectivity index (χ3v) is 3.48. The minimum Gasteiger partial charge on any atom is -0.273 e. The maximum Gasteiger partial charge on any atom is 0.246 e. The van der Waals surface area contributed by atoms with E-state index in [0.29, 0.717) is 0 Å². The molecule has 2 aromatic heterocycles. The van der Waals surface area contributed by atoms with Gasteiger partial charge in [0, 0.05) is 10.9 Å². The molecule has 0 fully saturated rings. The van der Waals surface area contributed by atoms with E-state index in [-0.39, 0.29) is 12.3 Å². The molecule has 0 spiro atoms. The predicted molar refractivity (Wildman–Crippen MR) is 70.6 cm³/mol. The number of amides is 1. The summed E-state index contributed by atoms with van der Waals surface area (Å²) in [5.41, 5.74) is 4.25. The Morgan fingerprint density at radius 2 is 2.47 bits per heavy atom. The van der Waals surface area contributed by atoms with E-state index in [1.807, 2.05) is 29.1 Å². The van der Waals surface area contributed by atoms with Gasteiger partial charge in [0.2, 0.25) is 5.91 Å². The number of nitrogens with zero attached hydrogens (tertiary/aromatic N) is 2. The van der Waals surface area contributed by atoms with Gasteiger partial charge in [0.05, 0.1) is 23.3 Å². The second-order valence-corrected chi connectivity index (χ2v) is 5.23. The molecule has 0 bridgehead atoms. The van der Waals surface area contributed by atoms with E-state index in [9.17, 15) is 4.79 Å². The van der Waals surface area contributed by atoms with Gasteiger partial charge in [0.1, 0.15) is 0 Å². The van der Waals surface area contributed by atoms with E-state index in [0.717, 1.165) is 16.3 Å². The summed E-state index contributed by atoms with van der Waals surface area (Å²) in [6.45, 7) is 1.92. The van der Waals surface area contributed by atoms with Crippen LogP contribution in [0.4, 0.5) is 0 Å². The maximum absolute atomic E-state index is 11.5. The van der Waals surface area contributed by atoms with Crippen LogP contribution in [-0.2, 0) is 11.2 Å². The lowest BCUT2D eigenvalue weighted by atomic mass is 10.3. The zero-order valence-electron chi connectivity index (χ0n) is 9.21. The highest BCUT2D eigenvalue weighted by Gasteiger charge is 2.04. The highest BCUT2D eigenvalue weighted by Crippen LogP contribution is 2.08. The van der Waals surface area contributed by atoms with Crippen LogP contribution in [0.25, 0.3) is 0 Å². The largest absolute Gasteiger partial charge is 0.273 e. The van der Waals surface area contributed by atoms with Crippen molar-refractivity contribution in [1.29, 1.82) is 0 Å². The lowest BCUT2D eigenvalue weighted by Crippen LogP contribution is -2.19. The van der Waals surface area contributed by atoms with Crippen molar-refractivity contribution >= 4 is 34.8 Å². The molecule has 88 valence electrons. The third-order valence-electron chi connectivity index (χ3n) is 1.95. The Morgan fingerprint density at radius 1 is 1.59 bits per heavy atom. The highest BCUT2D eigenvalue weighted by atomic mass is 32.1. The molecule has 1 amide bonds. The van der Waals surface area contributed by atoms with Crippen LogP contribution in [0.15, 0.2) is 27.3 Å². The van der Waals surface area contributed by atoms with Crippen LogP contribution >= 0.6 is 22.7 Å². The third kappa shape index (κ3) is 3.76. The molecule has 0 aliphatic carbocycles. The van der Waals surface area contributed by atoms with Gasteiger partial charge in [-0.3, -0.25) is 4.79 Å². The Hall–Kier alpha value is -1.53. The number of aryl methyl sites for hydroxylation is 1. The molecule has 2 aromatic rings. The lowest BCUT2D eigenvalue weighted by molar-refractivity contribution is -0.120. The Labute approximate surface area is 107 Å². The molecule has 6 heteroatoms. The number of carbonyl (C=O) groups excluding carboxylic acids is 1. The lowest BCUT2D eigenvalue weighted by Gasteiger charge is -1.95. The molecular formula is C11H11N3OS2. The number of thiophene rings is 1. The van der Waals surface area contributed by atoms with Gasteiger partial charge < -0.3 is 0 Å². The molecule has 17 heavy (non-hydrogen) atoms. The molecule has 0 aromatic carbocycles. The van der Waals surface area contributed by atoms with Crippen molar-refractivity contribution in [3.8, 4) is 0 Å². The summed E-state index contributed by atoms with van der Waals surface area (Å²) in [5, 5.41) is 10.6. The van der Waals surface area contributed by atoms with Crippen molar-refractivity contribution in [3.05, 3.63) is 38.5 Å². The minimum atomic E-state index is -0.151. The quantitative estimate of drug-likeness (QED) is 0.680. The summed E-state index contributed by atoms with van der Waals surface area (Å²) in [6, 6.07) is 1.93. The number of carbonyl (C=O) groups is 1. The van der Waals surface area contributed by atoms with Crippen LogP contribution in [0.3, 0.4) is 0 Å². The first-order chi connectivity index (χ1) is 8.24. The van der Waals surface area contributed by atoms with Gasteiger partial charge in [-0.05, 0) is 23.8 Å². The van der Waals surface area contributed by atoms with Gasteiger partial charge in [0.15, 0.2) is 0 Å². The molecule has 0 saturated carbocycles. The van der Waals surface area contributed by atoms with Crippen molar-refractivity contribution in [2.45, 2.75) is 13.3 Å². The summed E-state index contributed by atoms with van der Waals surface area (Å²) < 4.78 is 0. The zero-order chi connectivity index (χ0) is 12.1. The Bertz CT molecular complexity index is 517. The van der Waals surface area contributed by atoms with E-state index in [2.05, 4.69) is 15.5 Å². The minimum absolute atomic E-state index is 0.151. The van der Waals surface area contributed by atoms with Gasteiger partial charge in [-0.15, -0.1) is 11.3 Å². The molecule has 0 saturated heterocycles. The summed E-state index contributed by atoms with van der Waals surface area (Å²) >= 11 is 3.13. The fourth-order valence-corrected chi connectivity index (χ4v) is 2.44. The number of hydrogen-bond acceptors (Lipinski definition) is 5. The highest BCUT2D eigenvalue weighted by molar-refractivity contribution is 7.09. The summed E-state index contributed by atoms with van der Waals surface area (Å²) in [7, 11) is 0. The number of thiazole rings is 1. The Balaban J connectivity index is 1.82. The van der Waals surface area contributed by atoms with Crippen molar-refractivity contribution < 1.29 is 4.79 Å². The molecular weight excluding hydrogens is 254 g/mol. The van der Waals surface area contributed by atoms with Crippen molar-refractivity contribution in [2.75, 3.05) is 0 Å². The monoisotopic (exact) mass is 265 g/mol. The number of rotatable bonds is 4. The summed E-state index contributed by atoms with van der Waals surface area (Å²) in [4.78, 5) is 15.7. The van der Waals surface area contributed by atoms with E-state index in [1.54, 1.807) is 28.9 Å². The van der Waals surface area contributed by atoms with Gasteiger partial charge >= 0.3 is 0 Å². The second kappa shape index (κ2) is 5.70.